The molecule has 1 amide bonds. The number of ketones is 2. The number of methoxy groups -OCH3 is 2. The average molecular weight is 349 g/mol. The third-order valence-corrected chi connectivity index (χ3v) is 6.78. The summed E-state index contributed by atoms with van der Waals surface area (Å²) in [5.74, 6) is -1.47. The zero-order valence-electron chi connectivity index (χ0n) is 14.1. The van der Waals surface area contributed by atoms with E-state index in [2.05, 4.69) is 4.90 Å². The summed E-state index contributed by atoms with van der Waals surface area (Å²) in [6, 6.07) is 0.221. The van der Waals surface area contributed by atoms with Gasteiger partial charge in [0.05, 0.1) is 25.0 Å². The number of nitrogens with two attached hydrogens (primary N) is 1. The maximum absolute atomic E-state index is 13.4. The Labute approximate surface area is 143 Å². The van der Waals surface area contributed by atoms with E-state index < -0.39 is 29.3 Å². The molecule has 0 saturated carbocycles. The van der Waals surface area contributed by atoms with Crippen LogP contribution in [0.15, 0.2) is 11.3 Å². The molecule has 1 spiro atoms. The van der Waals surface area contributed by atoms with Crippen LogP contribution < -0.4 is 5.73 Å². The molecule has 0 aromatic carbocycles. The molecule has 2 N–H and O–H groups in total. The quantitative estimate of drug-likeness (QED) is 0.632. The van der Waals surface area contributed by atoms with Crippen LogP contribution in [0.4, 0.5) is 4.79 Å². The summed E-state index contributed by atoms with van der Waals surface area (Å²) in [6.45, 7) is 2.22. The number of carbonyl (C=O) groups excluding carboxylic acids is 3. The summed E-state index contributed by atoms with van der Waals surface area (Å²) in [5, 5.41) is 0. The standard InChI is InChI=1S/C16H19N3O6/c1-6-11(23-2)10(20)9-7(5-25-14(17)22)16(24-3)12-8-4-18(16)15(9,13(6)21)19(8)12/h7-9,12H,4-5H2,1-3H3,(H2,17,22)/t7-,8+,9+,12+,15+,16+,19?/m1/s1. The van der Waals surface area contributed by atoms with Crippen molar-refractivity contribution in [2.75, 3.05) is 27.4 Å². The zero-order valence-corrected chi connectivity index (χ0v) is 14.1. The summed E-state index contributed by atoms with van der Waals surface area (Å²) in [6.07, 6.45) is -0.911. The van der Waals surface area contributed by atoms with Gasteiger partial charge in [0.25, 0.3) is 0 Å². The van der Waals surface area contributed by atoms with Crippen molar-refractivity contribution in [3.8, 4) is 0 Å². The Bertz CT molecular complexity index is 780. The van der Waals surface area contributed by atoms with Gasteiger partial charge in [-0.1, -0.05) is 0 Å². The van der Waals surface area contributed by atoms with Gasteiger partial charge >= 0.3 is 6.09 Å². The minimum atomic E-state index is -1.04. The van der Waals surface area contributed by atoms with Crippen LogP contribution in [-0.2, 0) is 23.8 Å². The van der Waals surface area contributed by atoms with Crippen LogP contribution in [0.2, 0.25) is 0 Å². The third-order valence-electron chi connectivity index (χ3n) is 6.78. The molecular formula is C16H19N3O6. The van der Waals surface area contributed by atoms with Gasteiger partial charge in [0, 0.05) is 25.3 Å². The van der Waals surface area contributed by atoms with Crippen molar-refractivity contribution >= 4 is 17.7 Å². The van der Waals surface area contributed by atoms with Crippen LogP contribution in [0.25, 0.3) is 0 Å². The number of hydrogen-bond donors (Lipinski definition) is 1. The molecule has 0 radical (unpaired) electrons. The van der Waals surface area contributed by atoms with Gasteiger partial charge in [-0.2, -0.15) is 0 Å². The topological polar surface area (TPSA) is 111 Å². The molecule has 6 aliphatic rings. The lowest BCUT2D eigenvalue weighted by molar-refractivity contribution is -0.143. The first-order valence-corrected chi connectivity index (χ1v) is 8.26. The Morgan fingerprint density at radius 2 is 2.08 bits per heavy atom. The molecule has 6 rings (SSSR count). The van der Waals surface area contributed by atoms with Crippen molar-refractivity contribution in [3.63, 3.8) is 0 Å². The second-order valence-electron chi connectivity index (χ2n) is 7.28. The Kier molecular flexibility index (Phi) is 2.58. The summed E-state index contributed by atoms with van der Waals surface area (Å²) in [5.41, 5.74) is 3.61. The summed E-state index contributed by atoms with van der Waals surface area (Å²) < 4.78 is 16.2. The first-order chi connectivity index (χ1) is 11.9. The lowest BCUT2D eigenvalue weighted by Gasteiger charge is -2.41. The number of piperazine rings is 1. The van der Waals surface area contributed by atoms with Gasteiger partial charge in [0.15, 0.2) is 17.2 Å². The molecule has 0 aromatic heterocycles. The molecule has 2 unspecified atom stereocenters. The minimum absolute atomic E-state index is 0.0314. The predicted octanol–water partition coefficient (Wildman–Crippen LogP) is -1.18. The van der Waals surface area contributed by atoms with Crippen molar-refractivity contribution in [1.29, 1.82) is 0 Å². The highest BCUT2D eigenvalue weighted by molar-refractivity contribution is 6.18. The zero-order chi connectivity index (χ0) is 17.9. The van der Waals surface area contributed by atoms with E-state index in [4.69, 9.17) is 19.9 Å². The van der Waals surface area contributed by atoms with Gasteiger partial charge in [-0.3, -0.25) is 14.5 Å². The number of rotatable bonds is 4. The fourth-order valence-electron chi connectivity index (χ4n) is 6.18. The number of nitrogens with zero attached hydrogens (tertiary/aromatic N) is 2. The van der Waals surface area contributed by atoms with Gasteiger partial charge in [0.1, 0.15) is 12.3 Å². The lowest BCUT2D eigenvalue weighted by atomic mass is 9.70. The summed E-state index contributed by atoms with van der Waals surface area (Å²) in [7, 11) is 2.96. The highest BCUT2D eigenvalue weighted by atomic mass is 16.6. The van der Waals surface area contributed by atoms with Crippen molar-refractivity contribution in [1.82, 2.24) is 9.80 Å². The molecule has 8 atom stereocenters. The monoisotopic (exact) mass is 349 g/mol. The number of primary amides is 1. The van der Waals surface area contributed by atoms with Gasteiger partial charge in [0.2, 0.25) is 5.78 Å². The van der Waals surface area contributed by atoms with Crippen LogP contribution in [0, 0.1) is 11.8 Å². The Balaban J connectivity index is 1.70. The molecule has 1 aliphatic carbocycles. The first kappa shape index (κ1) is 15.3. The SMILES string of the molecule is COC1=C(C)C(=O)[C@@]23[C@H](C1=O)[C@@H](COC(N)=O)[C@]1(OC)[C@@H]4[C@H](CN12)N43. The molecular weight excluding hydrogens is 330 g/mol. The molecule has 5 heterocycles. The summed E-state index contributed by atoms with van der Waals surface area (Å²) in [4.78, 5) is 41.8. The van der Waals surface area contributed by atoms with E-state index in [1.807, 2.05) is 4.90 Å². The van der Waals surface area contributed by atoms with Crippen LogP contribution in [0.3, 0.4) is 0 Å². The van der Waals surface area contributed by atoms with Crippen molar-refractivity contribution in [2.45, 2.75) is 30.4 Å². The van der Waals surface area contributed by atoms with Crippen molar-refractivity contribution < 1.29 is 28.6 Å². The number of hydrogen-bond acceptors (Lipinski definition) is 8. The molecule has 25 heavy (non-hydrogen) atoms. The Morgan fingerprint density at radius 3 is 2.64 bits per heavy atom. The molecule has 6 bridgehead atoms. The van der Waals surface area contributed by atoms with E-state index in [-0.39, 0.29) is 36.0 Å². The number of Topliss-reactive ketones (excluding diaryl/α,β-unsaturated/α-hetero) is 2. The normalized spacial score (nSPS) is 51.0. The largest absolute Gasteiger partial charge is 0.493 e. The van der Waals surface area contributed by atoms with Crippen molar-refractivity contribution in [3.05, 3.63) is 11.3 Å². The lowest BCUT2D eigenvalue weighted by Crippen LogP contribution is -2.61. The van der Waals surface area contributed by atoms with E-state index in [1.165, 1.54) is 7.11 Å². The molecule has 9 nitrogen and oxygen atoms in total. The third kappa shape index (κ3) is 1.25. The number of ether oxygens (including phenoxy) is 3. The highest BCUT2D eigenvalue weighted by Gasteiger charge is 2.95. The van der Waals surface area contributed by atoms with Crippen LogP contribution >= 0.6 is 0 Å². The van der Waals surface area contributed by atoms with Gasteiger partial charge in [-0.15, -0.1) is 0 Å². The maximum Gasteiger partial charge on any atom is 0.404 e. The van der Waals surface area contributed by atoms with Crippen LogP contribution in [0.5, 0.6) is 0 Å². The number of amides is 1. The average Bonchev–Trinajstić information content (AvgIpc) is 2.88. The van der Waals surface area contributed by atoms with Crippen LogP contribution in [0.1, 0.15) is 6.92 Å². The van der Waals surface area contributed by atoms with Gasteiger partial charge in [-0.25, -0.2) is 9.69 Å². The highest BCUT2D eigenvalue weighted by Crippen LogP contribution is 2.75. The first-order valence-electron chi connectivity index (χ1n) is 8.26. The molecule has 134 valence electrons. The number of allylic oxidation sites excluding steroid dienone is 1. The number of carbonyl (C=O) groups is 3. The minimum Gasteiger partial charge on any atom is -0.493 e. The molecule has 0 aromatic rings. The van der Waals surface area contributed by atoms with E-state index in [0.29, 0.717) is 12.1 Å². The number of piperidine rings is 1. The Hall–Kier alpha value is -1.97. The van der Waals surface area contributed by atoms with E-state index >= 15 is 0 Å². The fraction of sp³-hybridized carbons (Fsp3) is 0.688. The van der Waals surface area contributed by atoms with Crippen LogP contribution in [-0.4, -0.2) is 78.3 Å². The van der Waals surface area contributed by atoms with E-state index in [0.717, 1.165) is 0 Å². The molecule has 5 fully saturated rings. The molecule has 5 aliphatic heterocycles. The summed E-state index contributed by atoms with van der Waals surface area (Å²) >= 11 is 0. The maximum atomic E-state index is 13.4. The molecule has 9 heteroatoms. The van der Waals surface area contributed by atoms with E-state index in [9.17, 15) is 14.4 Å². The predicted molar refractivity (Wildman–Crippen MR) is 80.8 cm³/mol. The second-order valence-corrected chi connectivity index (χ2v) is 7.28. The second kappa shape index (κ2) is 4.22. The van der Waals surface area contributed by atoms with Gasteiger partial charge in [-0.05, 0) is 6.92 Å². The van der Waals surface area contributed by atoms with E-state index in [1.54, 1.807) is 14.0 Å². The van der Waals surface area contributed by atoms with Gasteiger partial charge < -0.3 is 19.9 Å². The Morgan fingerprint density at radius 1 is 1.36 bits per heavy atom. The molecule has 5 saturated heterocycles. The fourth-order valence-corrected chi connectivity index (χ4v) is 6.18. The van der Waals surface area contributed by atoms with Crippen molar-refractivity contribution in [2.24, 2.45) is 17.6 Å². The smallest absolute Gasteiger partial charge is 0.404 e.